The summed E-state index contributed by atoms with van der Waals surface area (Å²) in [5.41, 5.74) is 1.17. The van der Waals surface area contributed by atoms with Crippen LogP contribution in [0.4, 0.5) is 10.1 Å². The van der Waals surface area contributed by atoms with Gasteiger partial charge < -0.3 is 5.32 Å². The van der Waals surface area contributed by atoms with Gasteiger partial charge in [-0.25, -0.2) is 12.8 Å². The molecule has 0 unspecified atom stereocenters. The fraction of sp³-hybridized carbons (Fsp3) is 0.0952. The molecule has 3 rings (SSSR count). The molecule has 150 valence electrons. The van der Waals surface area contributed by atoms with Crippen molar-refractivity contribution in [3.05, 3.63) is 94.8 Å². The number of sulfonamides is 1. The predicted molar refractivity (Wildman–Crippen MR) is 111 cm³/mol. The summed E-state index contributed by atoms with van der Waals surface area (Å²) in [6.45, 7) is 1.77. The Morgan fingerprint density at radius 2 is 1.66 bits per heavy atom. The molecule has 8 heteroatoms. The van der Waals surface area contributed by atoms with E-state index in [1.165, 1.54) is 42.5 Å². The number of amides is 1. The second-order valence-corrected chi connectivity index (χ2v) is 8.45. The third-order valence-electron chi connectivity index (χ3n) is 4.24. The van der Waals surface area contributed by atoms with E-state index < -0.39 is 15.9 Å². The highest BCUT2D eigenvalue weighted by atomic mass is 35.5. The van der Waals surface area contributed by atoms with E-state index in [1.54, 1.807) is 37.3 Å². The average molecular weight is 433 g/mol. The predicted octanol–water partition coefficient (Wildman–Crippen LogP) is 4.77. The minimum atomic E-state index is -3.76. The smallest absolute Gasteiger partial charge is 0.261 e. The summed E-state index contributed by atoms with van der Waals surface area (Å²) in [6.07, 6.45) is 0. The summed E-state index contributed by atoms with van der Waals surface area (Å²) in [6, 6.07) is 17.6. The van der Waals surface area contributed by atoms with Crippen LogP contribution < -0.4 is 10.0 Å². The molecule has 0 aromatic heterocycles. The second-order valence-electron chi connectivity index (χ2n) is 6.36. The molecule has 3 aromatic carbocycles. The van der Waals surface area contributed by atoms with Gasteiger partial charge in [0.1, 0.15) is 5.82 Å². The standard InChI is InChI=1S/C21H18ClFN2O3S/c1-14(15-7-9-16(23)10-8-15)24-21(26)19-12-11-17(13-20(19)22)25-29(27,28)18-5-3-2-4-6-18/h2-14,25H,1H3,(H,24,26)/t14-/m1/s1. The molecule has 0 aliphatic heterocycles. The van der Waals surface area contributed by atoms with Crippen molar-refractivity contribution in [2.75, 3.05) is 4.72 Å². The SMILES string of the molecule is C[C@@H](NC(=O)c1ccc(NS(=O)(=O)c2ccccc2)cc1Cl)c1ccc(F)cc1. The molecule has 0 saturated carbocycles. The topological polar surface area (TPSA) is 75.3 Å². The Kier molecular flexibility index (Phi) is 6.20. The Hall–Kier alpha value is -2.90. The fourth-order valence-corrected chi connectivity index (χ4v) is 4.02. The number of nitrogens with one attached hydrogen (secondary N) is 2. The molecular weight excluding hydrogens is 415 g/mol. The van der Waals surface area contributed by atoms with Crippen molar-refractivity contribution in [3.63, 3.8) is 0 Å². The van der Waals surface area contributed by atoms with Gasteiger partial charge in [0.15, 0.2) is 0 Å². The van der Waals surface area contributed by atoms with Crippen LogP contribution in [0.15, 0.2) is 77.7 Å². The van der Waals surface area contributed by atoms with Crippen LogP contribution in [0, 0.1) is 5.82 Å². The van der Waals surface area contributed by atoms with Crippen LogP contribution >= 0.6 is 11.6 Å². The number of carbonyl (C=O) groups is 1. The maximum Gasteiger partial charge on any atom is 0.261 e. The van der Waals surface area contributed by atoms with Crippen LogP contribution in [-0.4, -0.2) is 14.3 Å². The first-order valence-corrected chi connectivity index (χ1v) is 10.6. The summed E-state index contributed by atoms with van der Waals surface area (Å²) in [5.74, 6) is -0.784. The number of rotatable bonds is 6. The number of anilines is 1. The lowest BCUT2D eigenvalue weighted by Crippen LogP contribution is -2.27. The molecule has 0 radical (unpaired) electrons. The molecule has 0 aliphatic rings. The third-order valence-corrected chi connectivity index (χ3v) is 5.95. The summed E-state index contributed by atoms with van der Waals surface area (Å²) in [7, 11) is -3.76. The monoisotopic (exact) mass is 432 g/mol. The van der Waals surface area contributed by atoms with E-state index in [0.29, 0.717) is 0 Å². The molecule has 0 saturated heterocycles. The minimum absolute atomic E-state index is 0.0991. The van der Waals surface area contributed by atoms with Crippen molar-refractivity contribution in [2.45, 2.75) is 17.9 Å². The zero-order valence-electron chi connectivity index (χ0n) is 15.4. The van der Waals surface area contributed by atoms with E-state index in [9.17, 15) is 17.6 Å². The number of halogens is 2. The van der Waals surface area contributed by atoms with Crippen LogP contribution in [0.5, 0.6) is 0 Å². The van der Waals surface area contributed by atoms with Gasteiger partial charge in [-0.3, -0.25) is 9.52 Å². The number of carbonyl (C=O) groups excluding carboxylic acids is 1. The van der Waals surface area contributed by atoms with E-state index in [1.807, 2.05) is 0 Å². The molecule has 29 heavy (non-hydrogen) atoms. The largest absolute Gasteiger partial charge is 0.345 e. The maximum atomic E-state index is 13.0. The Labute approximate surface area is 173 Å². The fourth-order valence-electron chi connectivity index (χ4n) is 2.69. The Bertz CT molecular complexity index is 1120. The van der Waals surface area contributed by atoms with Crippen molar-refractivity contribution >= 4 is 33.2 Å². The molecule has 0 bridgehead atoms. The van der Waals surface area contributed by atoms with Crippen LogP contribution in [-0.2, 0) is 10.0 Å². The lowest BCUT2D eigenvalue weighted by atomic mass is 10.1. The van der Waals surface area contributed by atoms with Crippen molar-refractivity contribution in [1.29, 1.82) is 0 Å². The number of hydrogen-bond acceptors (Lipinski definition) is 3. The van der Waals surface area contributed by atoms with Crippen LogP contribution in [0.2, 0.25) is 5.02 Å². The molecule has 0 spiro atoms. The van der Waals surface area contributed by atoms with Gasteiger partial charge in [0.05, 0.1) is 27.2 Å². The van der Waals surface area contributed by atoms with Crippen LogP contribution in [0.1, 0.15) is 28.9 Å². The zero-order chi connectivity index (χ0) is 21.0. The Morgan fingerprint density at radius 3 is 2.28 bits per heavy atom. The molecule has 0 aliphatic carbocycles. The van der Waals surface area contributed by atoms with Gasteiger partial charge in [-0.1, -0.05) is 41.9 Å². The summed E-state index contributed by atoms with van der Waals surface area (Å²) in [5, 5.41) is 2.88. The van der Waals surface area contributed by atoms with E-state index in [4.69, 9.17) is 11.6 Å². The maximum absolute atomic E-state index is 13.0. The second kappa shape index (κ2) is 8.63. The molecule has 1 amide bonds. The van der Waals surface area contributed by atoms with Gasteiger partial charge in [-0.2, -0.15) is 0 Å². The average Bonchev–Trinajstić information content (AvgIpc) is 2.69. The van der Waals surface area contributed by atoms with Gasteiger partial charge >= 0.3 is 0 Å². The van der Waals surface area contributed by atoms with Gasteiger partial charge in [0.2, 0.25) is 0 Å². The van der Waals surface area contributed by atoms with E-state index >= 15 is 0 Å². The van der Waals surface area contributed by atoms with Gasteiger partial charge in [-0.05, 0) is 55.0 Å². The first kappa shape index (κ1) is 20.8. The van der Waals surface area contributed by atoms with Gasteiger partial charge in [-0.15, -0.1) is 0 Å². The molecular formula is C21H18ClFN2O3S. The molecule has 0 heterocycles. The molecule has 3 aromatic rings. The first-order chi connectivity index (χ1) is 13.8. The number of benzene rings is 3. The Balaban J connectivity index is 1.73. The quantitative estimate of drug-likeness (QED) is 0.589. The highest BCUT2D eigenvalue weighted by Gasteiger charge is 2.17. The highest BCUT2D eigenvalue weighted by Crippen LogP contribution is 2.24. The number of hydrogen-bond donors (Lipinski definition) is 2. The summed E-state index contributed by atoms with van der Waals surface area (Å²) < 4.78 is 40.3. The molecule has 5 nitrogen and oxygen atoms in total. The van der Waals surface area contributed by atoms with E-state index in [0.717, 1.165) is 5.56 Å². The summed E-state index contributed by atoms with van der Waals surface area (Å²) in [4.78, 5) is 12.6. The molecule has 2 N–H and O–H groups in total. The van der Waals surface area contributed by atoms with Crippen molar-refractivity contribution < 1.29 is 17.6 Å². The minimum Gasteiger partial charge on any atom is -0.345 e. The first-order valence-electron chi connectivity index (χ1n) is 8.70. The summed E-state index contributed by atoms with van der Waals surface area (Å²) >= 11 is 6.20. The van der Waals surface area contributed by atoms with E-state index in [-0.39, 0.29) is 33.0 Å². The lowest BCUT2D eigenvalue weighted by molar-refractivity contribution is 0.0940. The van der Waals surface area contributed by atoms with Gasteiger partial charge in [0.25, 0.3) is 15.9 Å². The Morgan fingerprint density at radius 1 is 1.00 bits per heavy atom. The van der Waals surface area contributed by atoms with E-state index in [2.05, 4.69) is 10.0 Å². The van der Waals surface area contributed by atoms with Gasteiger partial charge in [0, 0.05) is 0 Å². The molecule has 0 fully saturated rings. The molecule has 1 atom stereocenters. The van der Waals surface area contributed by atoms with Crippen LogP contribution in [0.3, 0.4) is 0 Å². The van der Waals surface area contributed by atoms with Crippen molar-refractivity contribution in [2.24, 2.45) is 0 Å². The zero-order valence-corrected chi connectivity index (χ0v) is 17.0. The van der Waals surface area contributed by atoms with Crippen molar-refractivity contribution in [3.8, 4) is 0 Å². The lowest BCUT2D eigenvalue weighted by Gasteiger charge is -2.15. The van der Waals surface area contributed by atoms with Crippen molar-refractivity contribution in [1.82, 2.24) is 5.32 Å². The van der Waals surface area contributed by atoms with Crippen LogP contribution in [0.25, 0.3) is 0 Å². The third kappa shape index (κ3) is 5.13. The normalized spacial score (nSPS) is 12.2. The highest BCUT2D eigenvalue weighted by molar-refractivity contribution is 7.92.